The number of hydrogen-bond donors (Lipinski definition) is 2. The molecule has 0 aliphatic carbocycles. The summed E-state index contributed by atoms with van der Waals surface area (Å²) in [5, 5.41) is 6.37. The number of ether oxygens (including phenoxy) is 3. The van der Waals surface area contributed by atoms with Crippen molar-refractivity contribution >= 4 is 35.6 Å². The van der Waals surface area contributed by atoms with Crippen LogP contribution < -0.4 is 15.4 Å². The molecule has 0 saturated carbocycles. The summed E-state index contributed by atoms with van der Waals surface area (Å²) in [5.41, 5.74) is 0.920. The van der Waals surface area contributed by atoms with Gasteiger partial charge in [0.15, 0.2) is 5.96 Å². The topological polar surface area (TPSA) is 64.1 Å². The highest BCUT2D eigenvalue weighted by atomic mass is 127. The molecule has 28 heavy (non-hydrogen) atoms. The molecule has 0 aromatic heterocycles. The Kier molecular flexibility index (Phi) is 12.7. The van der Waals surface area contributed by atoms with Crippen molar-refractivity contribution in [2.45, 2.75) is 45.3 Å². The molecule has 0 spiro atoms. The fourth-order valence-electron chi connectivity index (χ4n) is 2.65. The van der Waals surface area contributed by atoms with Crippen molar-refractivity contribution in [3.63, 3.8) is 0 Å². The molecular weight excluding hydrogens is 469 g/mol. The van der Waals surface area contributed by atoms with Crippen molar-refractivity contribution < 1.29 is 14.2 Å². The van der Waals surface area contributed by atoms with Gasteiger partial charge in [-0.05, 0) is 57.4 Å². The molecule has 1 aromatic rings. The quantitative estimate of drug-likeness (QED) is 0.169. The predicted molar refractivity (Wildman–Crippen MR) is 125 cm³/mol. The minimum atomic E-state index is 0. The number of anilines is 1. The second kappa shape index (κ2) is 14.5. The molecule has 1 atom stereocenters. The van der Waals surface area contributed by atoms with E-state index in [1.165, 1.54) is 0 Å². The Morgan fingerprint density at radius 3 is 2.79 bits per heavy atom. The lowest BCUT2D eigenvalue weighted by atomic mass is 10.2. The maximum atomic E-state index is 5.66. The van der Waals surface area contributed by atoms with Crippen molar-refractivity contribution in [1.29, 1.82) is 0 Å². The van der Waals surface area contributed by atoms with Crippen molar-refractivity contribution in [2.75, 3.05) is 38.2 Å². The smallest absolute Gasteiger partial charge is 0.196 e. The third-order valence-corrected chi connectivity index (χ3v) is 3.89. The van der Waals surface area contributed by atoms with Gasteiger partial charge in [-0.3, -0.25) is 4.99 Å². The Morgan fingerprint density at radius 2 is 2.14 bits per heavy atom. The van der Waals surface area contributed by atoms with E-state index in [1.807, 2.05) is 38.1 Å². The second-order valence-electron chi connectivity index (χ2n) is 6.67. The number of nitrogens with one attached hydrogen (secondary N) is 2. The van der Waals surface area contributed by atoms with Crippen LogP contribution in [0.25, 0.3) is 0 Å². The first-order chi connectivity index (χ1) is 13.2. The van der Waals surface area contributed by atoms with Gasteiger partial charge in [-0.1, -0.05) is 5.92 Å². The summed E-state index contributed by atoms with van der Waals surface area (Å²) in [7, 11) is 0. The highest BCUT2D eigenvalue weighted by molar-refractivity contribution is 14.0. The molecule has 1 fully saturated rings. The van der Waals surface area contributed by atoms with Gasteiger partial charge < -0.3 is 24.8 Å². The number of aliphatic imine (C=N–C) groups is 1. The molecule has 156 valence electrons. The van der Waals surface area contributed by atoms with Crippen LogP contribution in [0.1, 0.15) is 33.1 Å². The summed E-state index contributed by atoms with van der Waals surface area (Å²) in [6.07, 6.45) is 8.85. The lowest BCUT2D eigenvalue weighted by molar-refractivity contribution is 0.0171. The van der Waals surface area contributed by atoms with E-state index in [9.17, 15) is 0 Å². The molecule has 1 unspecified atom stereocenters. The van der Waals surface area contributed by atoms with Gasteiger partial charge >= 0.3 is 0 Å². The first-order valence-corrected chi connectivity index (χ1v) is 9.62. The van der Waals surface area contributed by atoms with Crippen LogP contribution in [0.2, 0.25) is 0 Å². The molecule has 7 heteroatoms. The zero-order valence-corrected chi connectivity index (χ0v) is 19.1. The first-order valence-electron chi connectivity index (χ1n) is 9.62. The molecule has 6 nitrogen and oxygen atoms in total. The molecule has 0 radical (unpaired) electrons. The predicted octanol–water partition coefficient (Wildman–Crippen LogP) is 3.67. The number of benzene rings is 1. The summed E-state index contributed by atoms with van der Waals surface area (Å²) >= 11 is 0. The Hall–Kier alpha value is -1.50. The molecule has 1 saturated heterocycles. The number of halogens is 1. The van der Waals surface area contributed by atoms with E-state index in [4.69, 9.17) is 20.6 Å². The highest BCUT2D eigenvalue weighted by Gasteiger charge is 2.14. The Balaban J connectivity index is 0.00000392. The van der Waals surface area contributed by atoms with E-state index in [1.54, 1.807) is 0 Å². The zero-order chi connectivity index (χ0) is 19.3. The van der Waals surface area contributed by atoms with Gasteiger partial charge in [-0.15, -0.1) is 30.4 Å². The fraction of sp³-hybridized carbons (Fsp3) is 0.571. The number of guanidine groups is 1. The fourth-order valence-corrected chi connectivity index (χ4v) is 2.65. The van der Waals surface area contributed by atoms with E-state index >= 15 is 0 Å². The standard InChI is InChI=1S/C21H31N3O3.HI/c1-4-12-22-21(23-13-6-14-25-16-20-7-5-15-26-20)24-18-8-10-19(11-9-18)27-17(2)3;/h1,8-11,17,20H,5-7,12-16H2,2-3H3,(H2,22,23,24);1H. The third kappa shape index (κ3) is 10.2. The average Bonchev–Trinajstić information content (AvgIpc) is 3.17. The number of hydrogen-bond acceptors (Lipinski definition) is 4. The van der Waals surface area contributed by atoms with Crippen molar-refractivity contribution in [2.24, 2.45) is 4.99 Å². The van der Waals surface area contributed by atoms with E-state index in [0.29, 0.717) is 32.3 Å². The molecule has 1 aliphatic rings. The van der Waals surface area contributed by atoms with Crippen molar-refractivity contribution in [3.05, 3.63) is 24.3 Å². The Labute approximate surface area is 185 Å². The van der Waals surface area contributed by atoms with Gasteiger partial charge in [0.25, 0.3) is 0 Å². The van der Waals surface area contributed by atoms with Gasteiger partial charge in [0.05, 0.1) is 25.4 Å². The Bertz CT molecular complexity index is 608. The zero-order valence-electron chi connectivity index (χ0n) is 16.8. The van der Waals surface area contributed by atoms with Crippen LogP contribution in [0.3, 0.4) is 0 Å². The summed E-state index contributed by atoms with van der Waals surface area (Å²) in [6, 6.07) is 7.77. The minimum Gasteiger partial charge on any atom is -0.491 e. The van der Waals surface area contributed by atoms with Gasteiger partial charge in [0.1, 0.15) is 5.75 Å². The maximum Gasteiger partial charge on any atom is 0.196 e. The second-order valence-corrected chi connectivity index (χ2v) is 6.67. The summed E-state index contributed by atoms with van der Waals surface area (Å²) in [6.45, 7) is 7.28. The van der Waals surface area contributed by atoms with E-state index < -0.39 is 0 Å². The van der Waals surface area contributed by atoms with Crippen LogP contribution in [0.15, 0.2) is 29.3 Å². The summed E-state index contributed by atoms with van der Waals surface area (Å²) in [5.74, 6) is 4.06. The van der Waals surface area contributed by atoms with Crippen molar-refractivity contribution in [1.82, 2.24) is 5.32 Å². The molecule has 1 aromatic carbocycles. The molecule has 2 N–H and O–H groups in total. The van der Waals surface area contributed by atoms with Gasteiger partial charge in [-0.25, -0.2) is 0 Å². The normalized spacial score (nSPS) is 16.4. The molecule has 1 aliphatic heterocycles. The summed E-state index contributed by atoms with van der Waals surface area (Å²) < 4.78 is 16.9. The van der Waals surface area contributed by atoms with Crippen LogP contribution >= 0.6 is 24.0 Å². The lowest BCUT2D eigenvalue weighted by Gasteiger charge is -2.13. The molecule has 1 heterocycles. The minimum absolute atomic E-state index is 0. The summed E-state index contributed by atoms with van der Waals surface area (Å²) in [4.78, 5) is 4.55. The molecule has 2 rings (SSSR count). The van der Waals surface area contributed by atoms with Gasteiger partial charge in [0.2, 0.25) is 0 Å². The van der Waals surface area contributed by atoms with Crippen LogP contribution in [0, 0.1) is 12.3 Å². The highest BCUT2D eigenvalue weighted by Crippen LogP contribution is 2.17. The number of terminal acetylenes is 1. The molecular formula is C21H32IN3O3. The third-order valence-electron chi connectivity index (χ3n) is 3.89. The van der Waals surface area contributed by atoms with Crippen LogP contribution in [-0.4, -0.2) is 51.1 Å². The largest absolute Gasteiger partial charge is 0.491 e. The molecule has 0 bridgehead atoms. The van der Waals surface area contributed by atoms with E-state index in [-0.39, 0.29) is 36.2 Å². The number of nitrogens with zero attached hydrogens (tertiary/aromatic N) is 1. The first kappa shape index (κ1) is 24.5. The van der Waals surface area contributed by atoms with Crippen LogP contribution in [0.4, 0.5) is 5.69 Å². The van der Waals surface area contributed by atoms with Crippen molar-refractivity contribution in [3.8, 4) is 18.1 Å². The SMILES string of the molecule is C#CCNC(=NCCCOCC1CCCO1)Nc1ccc(OC(C)C)cc1.I. The molecule has 0 amide bonds. The van der Waals surface area contributed by atoms with Crippen LogP contribution in [0.5, 0.6) is 5.75 Å². The average molecular weight is 501 g/mol. The lowest BCUT2D eigenvalue weighted by Crippen LogP contribution is -2.31. The van der Waals surface area contributed by atoms with Crippen LogP contribution in [-0.2, 0) is 9.47 Å². The number of rotatable bonds is 10. The monoisotopic (exact) mass is 501 g/mol. The van der Waals surface area contributed by atoms with E-state index in [2.05, 4.69) is 21.5 Å². The Morgan fingerprint density at radius 1 is 1.36 bits per heavy atom. The van der Waals surface area contributed by atoms with Gasteiger partial charge in [0, 0.05) is 25.4 Å². The maximum absolute atomic E-state index is 5.66. The van der Waals surface area contributed by atoms with Gasteiger partial charge in [-0.2, -0.15) is 0 Å². The van der Waals surface area contributed by atoms with E-state index in [0.717, 1.165) is 37.3 Å².